The van der Waals surface area contributed by atoms with Crippen molar-refractivity contribution in [2.75, 3.05) is 13.2 Å². The van der Waals surface area contributed by atoms with Gasteiger partial charge in [0.15, 0.2) is 11.9 Å². The Hall–Kier alpha value is -1.68. The zero-order valence-corrected chi connectivity index (χ0v) is 10.9. The van der Waals surface area contributed by atoms with Crippen molar-refractivity contribution in [2.24, 2.45) is 0 Å². The Bertz CT molecular complexity index is 426. The van der Waals surface area contributed by atoms with Gasteiger partial charge in [0, 0.05) is 12.2 Å². The van der Waals surface area contributed by atoms with Crippen LogP contribution in [0.3, 0.4) is 0 Å². The fourth-order valence-electron chi connectivity index (χ4n) is 1.61. The molecule has 0 amide bonds. The number of esters is 1. The Morgan fingerprint density at radius 1 is 1.22 bits per heavy atom. The molecule has 0 radical (unpaired) electrons. The summed E-state index contributed by atoms with van der Waals surface area (Å²) in [4.78, 5) is 23.1. The molecule has 4 nitrogen and oxygen atoms in total. The Morgan fingerprint density at radius 2 is 1.94 bits per heavy atom. The molecule has 0 saturated heterocycles. The SMILES string of the molecule is CCOC(=O)C(OCC)c1cccc(C(C)=O)c1. The van der Waals surface area contributed by atoms with E-state index in [1.165, 1.54) is 6.92 Å². The van der Waals surface area contributed by atoms with Crippen LogP contribution in [0.1, 0.15) is 42.8 Å². The van der Waals surface area contributed by atoms with Gasteiger partial charge in [-0.15, -0.1) is 0 Å². The molecule has 0 aliphatic rings. The van der Waals surface area contributed by atoms with Gasteiger partial charge in [-0.1, -0.05) is 18.2 Å². The second kappa shape index (κ2) is 6.91. The quantitative estimate of drug-likeness (QED) is 0.575. The number of ketones is 1. The number of carbonyl (C=O) groups excluding carboxylic acids is 2. The van der Waals surface area contributed by atoms with Crippen molar-refractivity contribution in [3.05, 3.63) is 35.4 Å². The highest BCUT2D eigenvalue weighted by atomic mass is 16.6. The van der Waals surface area contributed by atoms with Gasteiger partial charge in [0.25, 0.3) is 0 Å². The summed E-state index contributed by atoms with van der Waals surface area (Å²) in [6.07, 6.45) is -0.769. The molecule has 0 bridgehead atoms. The van der Waals surface area contributed by atoms with Crippen molar-refractivity contribution in [1.29, 1.82) is 0 Å². The molecule has 18 heavy (non-hydrogen) atoms. The van der Waals surface area contributed by atoms with Crippen molar-refractivity contribution >= 4 is 11.8 Å². The number of rotatable bonds is 6. The number of hydrogen-bond donors (Lipinski definition) is 0. The Balaban J connectivity index is 3.01. The highest BCUT2D eigenvalue weighted by Crippen LogP contribution is 2.20. The number of ether oxygens (including phenoxy) is 2. The van der Waals surface area contributed by atoms with E-state index >= 15 is 0 Å². The van der Waals surface area contributed by atoms with E-state index in [0.717, 1.165) is 0 Å². The number of Topliss-reactive ketones (excluding diaryl/α,β-unsaturated/α-hetero) is 1. The number of benzene rings is 1. The molecule has 1 aromatic carbocycles. The highest BCUT2D eigenvalue weighted by Gasteiger charge is 2.22. The van der Waals surface area contributed by atoms with Crippen LogP contribution in [0, 0.1) is 0 Å². The lowest BCUT2D eigenvalue weighted by molar-refractivity contribution is -0.157. The molecule has 1 atom stereocenters. The molecule has 4 heteroatoms. The summed E-state index contributed by atoms with van der Waals surface area (Å²) in [5.41, 5.74) is 1.20. The maximum atomic E-state index is 11.8. The zero-order valence-electron chi connectivity index (χ0n) is 10.9. The van der Waals surface area contributed by atoms with E-state index in [4.69, 9.17) is 9.47 Å². The number of carbonyl (C=O) groups is 2. The van der Waals surface area contributed by atoms with Crippen LogP contribution in [0.5, 0.6) is 0 Å². The molecule has 0 fully saturated rings. The summed E-state index contributed by atoms with van der Waals surface area (Å²) in [6, 6.07) is 6.86. The van der Waals surface area contributed by atoms with Crippen LogP contribution in [-0.2, 0) is 14.3 Å². The van der Waals surface area contributed by atoms with E-state index in [9.17, 15) is 9.59 Å². The predicted molar refractivity (Wildman–Crippen MR) is 67.4 cm³/mol. The molecule has 0 N–H and O–H groups in total. The zero-order chi connectivity index (χ0) is 13.5. The average Bonchev–Trinajstić information content (AvgIpc) is 2.36. The molecule has 0 spiro atoms. The van der Waals surface area contributed by atoms with Crippen LogP contribution < -0.4 is 0 Å². The largest absolute Gasteiger partial charge is 0.464 e. The molecule has 0 aliphatic heterocycles. The van der Waals surface area contributed by atoms with Crippen molar-refractivity contribution in [3.8, 4) is 0 Å². The molecular weight excluding hydrogens is 232 g/mol. The molecule has 1 rings (SSSR count). The molecule has 0 aliphatic carbocycles. The summed E-state index contributed by atoms with van der Waals surface area (Å²) >= 11 is 0. The fourth-order valence-corrected chi connectivity index (χ4v) is 1.61. The summed E-state index contributed by atoms with van der Waals surface area (Å²) in [6.45, 7) is 5.73. The van der Waals surface area contributed by atoms with E-state index < -0.39 is 12.1 Å². The summed E-state index contributed by atoms with van der Waals surface area (Å²) in [5, 5.41) is 0. The monoisotopic (exact) mass is 250 g/mol. The first-order valence-corrected chi connectivity index (χ1v) is 5.99. The molecule has 0 saturated carbocycles. The molecule has 1 aromatic rings. The van der Waals surface area contributed by atoms with Gasteiger partial charge < -0.3 is 9.47 Å². The molecular formula is C14H18O4. The van der Waals surface area contributed by atoms with E-state index in [0.29, 0.717) is 24.3 Å². The van der Waals surface area contributed by atoms with Crippen LogP contribution in [0.25, 0.3) is 0 Å². The van der Waals surface area contributed by atoms with E-state index in [2.05, 4.69) is 0 Å². The Labute approximate surface area is 107 Å². The maximum Gasteiger partial charge on any atom is 0.339 e. The van der Waals surface area contributed by atoms with Gasteiger partial charge in [-0.25, -0.2) is 4.79 Å². The Kier molecular flexibility index (Phi) is 5.52. The van der Waals surface area contributed by atoms with Crippen LogP contribution in [0.2, 0.25) is 0 Å². The number of hydrogen-bond acceptors (Lipinski definition) is 4. The van der Waals surface area contributed by atoms with Crippen molar-refractivity contribution < 1.29 is 19.1 Å². The minimum atomic E-state index is -0.769. The highest BCUT2D eigenvalue weighted by molar-refractivity contribution is 5.94. The molecule has 0 heterocycles. The van der Waals surface area contributed by atoms with Crippen molar-refractivity contribution in [1.82, 2.24) is 0 Å². The second-order valence-electron chi connectivity index (χ2n) is 3.77. The first-order valence-electron chi connectivity index (χ1n) is 5.99. The lowest BCUT2D eigenvalue weighted by atomic mass is 10.0. The first-order chi connectivity index (χ1) is 8.60. The van der Waals surface area contributed by atoms with Crippen LogP contribution >= 0.6 is 0 Å². The minimum Gasteiger partial charge on any atom is -0.464 e. The smallest absolute Gasteiger partial charge is 0.339 e. The van der Waals surface area contributed by atoms with Gasteiger partial charge in [-0.05, 0) is 32.4 Å². The van der Waals surface area contributed by atoms with Crippen LogP contribution in [0.4, 0.5) is 0 Å². The molecule has 98 valence electrons. The summed E-state index contributed by atoms with van der Waals surface area (Å²) in [5.74, 6) is -0.476. The van der Waals surface area contributed by atoms with E-state index in [1.54, 1.807) is 38.1 Å². The lowest BCUT2D eigenvalue weighted by Crippen LogP contribution is -2.19. The van der Waals surface area contributed by atoms with Gasteiger partial charge in [0.05, 0.1) is 6.61 Å². The third-order valence-electron chi connectivity index (χ3n) is 2.43. The maximum absolute atomic E-state index is 11.8. The molecule has 1 unspecified atom stereocenters. The van der Waals surface area contributed by atoms with Gasteiger partial charge in [0.2, 0.25) is 0 Å². The van der Waals surface area contributed by atoms with Gasteiger partial charge in [0.1, 0.15) is 0 Å². The molecule has 0 aromatic heterocycles. The lowest BCUT2D eigenvalue weighted by Gasteiger charge is -2.16. The summed E-state index contributed by atoms with van der Waals surface area (Å²) < 4.78 is 10.4. The Morgan fingerprint density at radius 3 is 2.50 bits per heavy atom. The van der Waals surface area contributed by atoms with Crippen LogP contribution in [0.15, 0.2) is 24.3 Å². The van der Waals surface area contributed by atoms with Gasteiger partial charge in [-0.3, -0.25) is 4.79 Å². The van der Waals surface area contributed by atoms with Crippen LogP contribution in [-0.4, -0.2) is 25.0 Å². The predicted octanol–water partition coefficient (Wildman–Crippen LogP) is 2.53. The second-order valence-corrected chi connectivity index (χ2v) is 3.77. The van der Waals surface area contributed by atoms with Gasteiger partial charge in [-0.2, -0.15) is 0 Å². The standard InChI is InChI=1S/C14H18O4/c1-4-17-13(14(16)18-5-2)12-8-6-7-11(9-12)10(3)15/h6-9,13H,4-5H2,1-3H3. The van der Waals surface area contributed by atoms with E-state index in [-0.39, 0.29) is 5.78 Å². The third-order valence-corrected chi connectivity index (χ3v) is 2.43. The van der Waals surface area contributed by atoms with E-state index in [1.807, 2.05) is 0 Å². The fraction of sp³-hybridized carbons (Fsp3) is 0.429. The third kappa shape index (κ3) is 3.67. The first kappa shape index (κ1) is 14.4. The van der Waals surface area contributed by atoms with Crippen molar-refractivity contribution in [3.63, 3.8) is 0 Å². The summed E-state index contributed by atoms with van der Waals surface area (Å²) in [7, 11) is 0. The minimum absolute atomic E-state index is 0.0454. The van der Waals surface area contributed by atoms with Crippen molar-refractivity contribution in [2.45, 2.75) is 26.9 Å². The normalized spacial score (nSPS) is 11.9. The van der Waals surface area contributed by atoms with Gasteiger partial charge >= 0.3 is 5.97 Å². The topological polar surface area (TPSA) is 52.6 Å². The average molecular weight is 250 g/mol.